The number of hydrogen-bond donors (Lipinski definition) is 0. The first-order valence-electron chi connectivity index (χ1n) is 8.69. The molecule has 7 heteroatoms. The quantitative estimate of drug-likeness (QED) is 0.601. The molecule has 0 saturated carbocycles. The monoisotopic (exact) mass is 391 g/mol. The van der Waals surface area contributed by atoms with Gasteiger partial charge in [-0.3, -0.25) is 4.79 Å². The highest BCUT2D eigenvalue weighted by molar-refractivity contribution is 5.88. The topological polar surface area (TPSA) is 42.7 Å². The highest BCUT2D eigenvalue weighted by Crippen LogP contribution is 2.25. The first-order valence-corrected chi connectivity index (χ1v) is 8.69. The van der Waals surface area contributed by atoms with Crippen molar-refractivity contribution in [1.82, 2.24) is 4.90 Å². The minimum atomic E-state index is -4.49. The first-order chi connectivity index (χ1) is 13.2. The van der Waals surface area contributed by atoms with Crippen molar-refractivity contribution in [2.45, 2.75) is 26.1 Å². The molecule has 0 radical (unpaired) electrons. The molecule has 0 N–H and O–H groups in total. The highest BCUT2D eigenvalue weighted by atomic mass is 19.4. The molecule has 0 atom stereocenters. The molecule has 0 fully saturated rings. The van der Waals surface area contributed by atoms with E-state index in [1.165, 1.54) is 13.4 Å². The molecule has 0 aliphatic heterocycles. The van der Waals surface area contributed by atoms with Crippen LogP contribution in [-0.2, 0) is 17.8 Å². The smallest absolute Gasteiger partial charge is 0.406 e. The third-order valence-corrected chi connectivity index (χ3v) is 4.41. The average Bonchev–Trinajstić information content (AvgIpc) is 3.02. The molecule has 3 rings (SSSR count). The predicted octanol–water partition coefficient (Wildman–Crippen LogP) is 4.88. The fourth-order valence-electron chi connectivity index (χ4n) is 3.00. The Hall–Kier alpha value is -2.96. The number of furan rings is 1. The zero-order valence-electron chi connectivity index (χ0n) is 15.5. The van der Waals surface area contributed by atoms with Crippen LogP contribution in [0.4, 0.5) is 13.2 Å². The predicted molar refractivity (Wildman–Crippen MR) is 99.1 cm³/mol. The van der Waals surface area contributed by atoms with Crippen LogP contribution >= 0.6 is 0 Å². The summed E-state index contributed by atoms with van der Waals surface area (Å²) in [5, 5.41) is 0.732. The number of amides is 1. The van der Waals surface area contributed by atoms with Crippen molar-refractivity contribution in [2.75, 3.05) is 13.7 Å². The number of fused-ring (bicyclic) bond motifs is 1. The summed E-state index contributed by atoms with van der Waals surface area (Å²) < 4.78 is 49.6. The number of alkyl halides is 3. The van der Waals surface area contributed by atoms with Gasteiger partial charge in [0.2, 0.25) is 5.91 Å². The third kappa shape index (κ3) is 4.85. The van der Waals surface area contributed by atoms with Gasteiger partial charge in [-0.15, -0.1) is 0 Å². The van der Waals surface area contributed by atoms with Crippen molar-refractivity contribution < 1.29 is 27.1 Å². The van der Waals surface area contributed by atoms with E-state index in [-0.39, 0.29) is 13.0 Å². The molecule has 0 saturated heterocycles. The van der Waals surface area contributed by atoms with Crippen LogP contribution in [0.25, 0.3) is 11.0 Å². The van der Waals surface area contributed by atoms with Crippen LogP contribution in [0.15, 0.2) is 53.1 Å². The minimum absolute atomic E-state index is 0.142. The maximum absolute atomic E-state index is 13.0. The van der Waals surface area contributed by atoms with Gasteiger partial charge in [0.1, 0.15) is 17.9 Å². The Morgan fingerprint density at radius 3 is 2.50 bits per heavy atom. The molecule has 28 heavy (non-hydrogen) atoms. The lowest BCUT2D eigenvalue weighted by atomic mass is 10.1. The Labute approximate surface area is 160 Å². The number of rotatable bonds is 6. The number of ether oxygens (including phenoxy) is 1. The number of nitrogens with zero attached hydrogens (tertiary/aromatic N) is 1. The summed E-state index contributed by atoms with van der Waals surface area (Å²) >= 11 is 0. The molecule has 1 aromatic heterocycles. The van der Waals surface area contributed by atoms with E-state index in [1.54, 1.807) is 24.3 Å². The normalized spacial score (nSPS) is 11.6. The van der Waals surface area contributed by atoms with Crippen molar-refractivity contribution in [2.24, 2.45) is 0 Å². The minimum Gasteiger partial charge on any atom is -0.497 e. The van der Waals surface area contributed by atoms with Crippen LogP contribution in [0.2, 0.25) is 0 Å². The van der Waals surface area contributed by atoms with E-state index < -0.39 is 18.6 Å². The van der Waals surface area contributed by atoms with Crippen LogP contribution in [-0.4, -0.2) is 30.6 Å². The fourth-order valence-corrected chi connectivity index (χ4v) is 3.00. The SMILES string of the molecule is COc1ccc(CN(CC(F)(F)F)C(=O)Cc2coc3cc(C)ccc23)cc1. The first kappa shape index (κ1) is 19.8. The summed E-state index contributed by atoms with van der Waals surface area (Å²) in [4.78, 5) is 13.5. The zero-order valence-corrected chi connectivity index (χ0v) is 15.5. The Bertz CT molecular complexity index is 961. The fraction of sp³-hybridized carbons (Fsp3) is 0.286. The summed E-state index contributed by atoms with van der Waals surface area (Å²) in [5.74, 6) is -0.0194. The van der Waals surface area contributed by atoms with Crippen LogP contribution in [0.1, 0.15) is 16.7 Å². The number of hydrogen-bond acceptors (Lipinski definition) is 3. The standard InChI is InChI=1S/C21H20F3NO3/c1-14-3-8-18-16(12-28-19(18)9-14)10-20(26)25(13-21(22,23)24)11-15-4-6-17(27-2)7-5-15/h3-9,12H,10-11,13H2,1-2H3. The van der Waals surface area contributed by atoms with Gasteiger partial charge in [-0.1, -0.05) is 24.3 Å². The molecule has 3 aromatic rings. The van der Waals surface area contributed by atoms with Crippen molar-refractivity contribution in [3.63, 3.8) is 0 Å². The van der Waals surface area contributed by atoms with E-state index in [4.69, 9.17) is 9.15 Å². The molecule has 0 aliphatic carbocycles. The second-order valence-electron chi connectivity index (χ2n) is 6.65. The molecular formula is C21H20F3NO3. The molecule has 0 unspecified atom stereocenters. The molecular weight excluding hydrogens is 371 g/mol. The van der Waals surface area contributed by atoms with Crippen molar-refractivity contribution in [3.05, 3.63) is 65.4 Å². The van der Waals surface area contributed by atoms with Crippen molar-refractivity contribution in [1.29, 1.82) is 0 Å². The molecule has 4 nitrogen and oxygen atoms in total. The summed E-state index contributed by atoms with van der Waals surface area (Å²) in [6, 6.07) is 12.1. The summed E-state index contributed by atoms with van der Waals surface area (Å²) in [6.45, 7) is 0.455. The molecule has 2 aromatic carbocycles. The lowest BCUT2D eigenvalue weighted by molar-refractivity contribution is -0.162. The maximum atomic E-state index is 13.0. The summed E-state index contributed by atoms with van der Waals surface area (Å²) in [7, 11) is 1.51. The molecule has 1 amide bonds. The Kier molecular flexibility index (Phi) is 5.63. The second-order valence-corrected chi connectivity index (χ2v) is 6.65. The zero-order chi connectivity index (χ0) is 20.3. The van der Waals surface area contributed by atoms with Gasteiger partial charge in [0, 0.05) is 17.5 Å². The van der Waals surface area contributed by atoms with E-state index in [2.05, 4.69) is 0 Å². The Balaban J connectivity index is 1.80. The van der Waals surface area contributed by atoms with Gasteiger partial charge in [-0.05, 0) is 36.2 Å². The number of halogens is 3. The van der Waals surface area contributed by atoms with E-state index in [0.717, 1.165) is 15.8 Å². The van der Waals surface area contributed by atoms with Gasteiger partial charge in [-0.2, -0.15) is 13.2 Å². The lowest BCUT2D eigenvalue weighted by Gasteiger charge is -2.24. The van der Waals surface area contributed by atoms with Gasteiger partial charge in [0.15, 0.2) is 0 Å². The Morgan fingerprint density at radius 1 is 1.14 bits per heavy atom. The number of carbonyl (C=O) groups is 1. The third-order valence-electron chi connectivity index (χ3n) is 4.41. The summed E-state index contributed by atoms with van der Waals surface area (Å²) in [5.41, 5.74) is 2.77. The average molecular weight is 391 g/mol. The van der Waals surface area contributed by atoms with Gasteiger partial charge in [-0.25, -0.2) is 0 Å². The van der Waals surface area contributed by atoms with E-state index >= 15 is 0 Å². The van der Waals surface area contributed by atoms with Crippen LogP contribution in [0.5, 0.6) is 5.75 Å². The number of carbonyl (C=O) groups excluding carboxylic acids is 1. The molecule has 0 aliphatic rings. The van der Waals surface area contributed by atoms with Crippen LogP contribution < -0.4 is 4.74 Å². The second kappa shape index (κ2) is 7.96. The van der Waals surface area contributed by atoms with Crippen LogP contribution in [0, 0.1) is 6.92 Å². The van der Waals surface area contributed by atoms with E-state index in [0.29, 0.717) is 22.5 Å². The maximum Gasteiger partial charge on any atom is 0.406 e. The number of methoxy groups -OCH3 is 1. The summed E-state index contributed by atoms with van der Waals surface area (Å²) in [6.07, 6.45) is -3.22. The van der Waals surface area contributed by atoms with E-state index in [9.17, 15) is 18.0 Å². The van der Waals surface area contributed by atoms with Gasteiger partial charge in [0.05, 0.1) is 19.8 Å². The van der Waals surface area contributed by atoms with Crippen molar-refractivity contribution >= 4 is 16.9 Å². The van der Waals surface area contributed by atoms with Gasteiger partial charge >= 0.3 is 6.18 Å². The van der Waals surface area contributed by atoms with E-state index in [1.807, 2.05) is 25.1 Å². The lowest BCUT2D eigenvalue weighted by Crippen LogP contribution is -2.39. The Morgan fingerprint density at radius 2 is 1.86 bits per heavy atom. The van der Waals surface area contributed by atoms with Crippen molar-refractivity contribution in [3.8, 4) is 5.75 Å². The number of benzene rings is 2. The highest BCUT2D eigenvalue weighted by Gasteiger charge is 2.33. The molecule has 1 heterocycles. The van der Waals surface area contributed by atoms with Gasteiger partial charge < -0.3 is 14.1 Å². The van der Waals surface area contributed by atoms with Gasteiger partial charge in [0.25, 0.3) is 0 Å². The molecule has 0 spiro atoms. The largest absolute Gasteiger partial charge is 0.497 e. The number of aryl methyl sites for hydroxylation is 1. The molecule has 0 bridgehead atoms. The molecule has 148 valence electrons. The van der Waals surface area contributed by atoms with Crippen LogP contribution in [0.3, 0.4) is 0 Å².